The van der Waals surface area contributed by atoms with E-state index in [1.54, 1.807) is 0 Å². The summed E-state index contributed by atoms with van der Waals surface area (Å²) in [5.74, 6) is -1.38. The van der Waals surface area contributed by atoms with Crippen molar-refractivity contribution in [1.82, 2.24) is 0 Å². The van der Waals surface area contributed by atoms with Crippen molar-refractivity contribution in [1.29, 1.82) is 0 Å². The number of rotatable bonds is 1. The summed E-state index contributed by atoms with van der Waals surface area (Å²) in [6, 6.07) is 3.62. The minimum Gasteiger partial charge on any atom is -0.475 e. The zero-order valence-electron chi connectivity index (χ0n) is 8.55. The van der Waals surface area contributed by atoms with Gasteiger partial charge >= 0.3 is 0 Å². The number of hydrogen-bond acceptors (Lipinski definition) is 2. The molecule has 0 bridgehead atoms. The Labute approximate surface area is 86.6 Å². The third-order valence-corrected chi connectivity index (χ3v) is 2.13. The molecule has 15 heavy (non-hydrogen) atoms. The van der Waals surface area contributed by atoms with E-state index < -0.39 is 11.6 Å². The van der Waals surface area contributed by atoms with Crippen LogP contribution in [0.15, 0.2) is 23.2 Å². The highest BCUT2D eigenvalue weighted by Gasteiger charge is 2.27. The summed E-state index contributed by atoms with van der Waals surface area (Å²) in [4.78, 5) is 4.27. The molecule has 1 aliphatic heterocycles. The van der Waals surface area contributed by atoms with Crippen LogP contribution in [-0.4, -0.2) is 18.0 Å². The van der Waals surface area contributed by atoms with E-state index in [-0.39, 0.29) is 5.54 Å². The zero-order valence-corrected chi connectivity index (χ0v) is 8.55. The van der Waals surface area contributed by atoms with Gasteiger partial charge in [-0.2, -0.15) is 0 Å². The van der Waals surface area contributed by atoms with E-state index in [1.807, 2.05) is 13.8 Å². The quantitative estimate of drug-likeness (QED) is 0.699. The normalized spacial score (nSPS) is 18.5. The lowest BCUT2D eigenvalue weighted by Crippen LogP contribution is -2.17. The van der Waals surface area contributed by atoms with E-state index in [1.165, 1.54) is 6.07 Å². The van der Waals surface area contributed by atoms with Gasteiger partial charge in [-0.05, 0) is 32.0 Å². The first-order chi connectivity index (χ1) is 6.98. The predicted molar refractivity (Wildman–Crippen MR) is 52.9 cm³/mol. The molecule has 0 N–H and O–H groups in total. The Hall–Kier alpha value is -1.45. The van der Waals surface area contributed by atoms with Gasteiger partial charge in [0.25, 0.3) is 0 Å². The molecule has 0 saturated heterocycles. The molecule has 2 rings (SSSR count). The van der Waals surface area contributed by atoms with Crippen LogP contribution in [-0.2, 0) is 4.74 Å². The molecule has 0 amide bonds. The Balaban J connectivity index is 2.36. The largest absolute Gasteiger partial charge is 0.475 e. The maximum Gasteiger partial charge on any atom is 0.216 e. The van der Waals surface area contributed by atoms with Crippen LogP contribution >= 0.6 is 0 Å². The van der Waals surface area contributed by atoms with Crippen LogP contribution in [0.2, 0.25) is 0 Å². The number of benzene rings is 1. The molecular formula is C11H11F2NO. The van der Waals surface area contributed by atoms with Gasteiger partial charge < -0.3 is 4.74 Å². The van der Waals surface area contributed by atoms with Crippen LogP contribution in [0.4, 0.5) is 8.78 Å². The van der Waals surface area contributed by atoms with E-state index in [0.29, 0.717) is 18.1 Å². The number of ether oxygens (including phenoxy) is 1. The van der Waals surface area contributed by atoms with Gasteiger partial charge in [0, 0.05) is 5.56 Å². The van der Waals surface area contributed by atoms with E-state index in [0.717, 1.165) is 12.1 Å². The maximum absolute atomic E-state index is 12.9. The molecular weight excluding hydrogens is 200 g/mol. The standard InChI is InChI=1S/C11H11F2NO/c1-11(2)6-15-10(14-11)7-3-4-8(12)9(13)5-7/h3-5H,6H2,1-2H3. The van der Waals surface area contributed by atoms with Crippen LogP contribution in [0.1, 0.15) is 19.4 Å². The molecule has 1 aromatic carbocycles. The zero-order chi connectivity index (χ0) is 11.1. The highest BCUT2D eigenvalue weighted by molar-refractivity contribution is 5.95. The fraction of sp³-hybridized carbons (Fsp3) is 0.364. The second-order valence-electron chi connectivity index (χ2n) is 4.15. The van der Waals surface area contributed by atoms with Gasteiger partial charge in [-0.3, -0.25) is 0 Å². The molecule has 1 aromatic rings. The van der Waals surface area contributed by atoms with Crippen molar-refractivity contribution in [3.8, 4) is 0 Å². The topological polar surface area (TPSA) is 21.6 Å². The molecule has 1 aliphatic rings. The van der Waals surface area contributed by atoms with Gasteiger partial charge in [0.05, 0.1) is 5.54 Å². The summed E-state index contributed by atoms with van der Waals surface area (Å²) in [5, 5.41) is 0. The predicted octanol–water partition coefficient (Wildman–Crippen LogP) is 2.52. The van der Waals surface area contributed by atoms with Crippen molar-refractivity contribution in [3.05, 3.63) is 35.4 Å². The third-order valence-electron chi connectivity index (χ3n) is 2.13. The fourth-order valence-corrected chi connectivity index (χ4v) is 1.36. The van der Waals surface area contributed by atoms with E-state index in [2.05, 4.69) is 4.99 Å². The number of halogens is 2. The van der Waals surface area contributed by atoms with Crippen molar-refractivity contribution in [2.24, 2.45) is 4.99 Å². The summed E-state index contributed by atoms with van der Waals surface area (Å²) < 4.78 is 30.9. The summed E-state index contributed by atoms with van der Waals surface area (Å²) in [5.41, 5.74) is 0.180. The van der Waals surface area contributed by atoms with Crippen molar-refractivity contribution >= 4 is 5.90 Å². The van der Waals surface area contributed by atoms with Gasteiger partial charge in [-0.1, -0.05) is 0 Å². The average molecular weight is 211 g/mol. The highest BCUT2D eigenvalue weighted by atomic mass is 19.2. The van der Waals surface area contributed by atoms with Crippen LogP contribution in [0, 0.1) is 11.6 Å². The van der Waals surface area contributed by atoms with Crippen LogP contribution < -0.4 is 0 Å². The third kappa shape index (κ3) is 1.98. The molecule has 0 aliphatic carbocycles. The lowest BCUT2D eigenvalue weighted by Gasteiger charge is -2.07. The number of aliphatic imine (C=N–C) groups is 1. The summed E-state index contributed by atoms with van der Waals surface area (Å²) in [7, 11) is 0. The number of nitrogens with zero attached hydrogens (tertiary/aromatic N) is 1. The molecule has 1 heterocycles. The first-order valence-electron chi connectivity index (χ1n) is 4.66. The van der Waals surface area contributed by atoms with Crippen LogP contribution in [0.5, 0.6) is 0 Å². The minimum atomic E-state index is -0.886. The Bertz CT molecular complexity index is 427. The van der Waals surface area contributed by atoms with Gasteiger partial charge in [0.2, 0.25) is 5.90 Å². The van der Waals surface area contributed by atoms with E-state index in [9.17, 15) is 8.78 Å². The van der Waals surface area contributed by atoms with Gasteiger partial charge in [-0.15, -0.1) is 0 Å². The van der Waals surface area contributed by atoms with Crippen molar-refractivity contribution < 1.29 is 13.5 Å². The summed E-state index contributed by atoms with van der Waals surface area (Å²) in [6.45, 7) is 4.29. The molecule has 0 aromatic heterocycles. The Kier molecular flexibility index (Phi) is 2.21. The Morgan fingerprint density at radius 1 is 1.27 bits per heavy atom. The second-order valence-corrected chi connectivity index (χ2v) is 4.15. The monoisotopic (exact) mass is 211 g/mol. The molecule has 0 radical (unpaired) electrons. The molecule has 80 valence electrons. The SMILES string of the molecule is CC1(C)COC(c2ccc(F)c(F)c2)=N1. The molecule has 0 atom stereocenters. The molecule has 2 nitrogen and oxygen atoms in total. The van der Waals surface area contributed by atoms with Crippen LogP contribution in [0.25, 0.3) is 0 Å². The highest BCUT2D eigenvalue weighted by Crippen LogP contribution is 2.21. The summed E-state index contributed by atoms with van der Waals surface area (Å²) in [6.07, 6.45) is 0. The molecule has 0 fully saturated rings. The summed E-state index contributed by atoms with van der Waals surface area (Å²) >= 11 is 0. The van der Waals surface area contributed by atoms with E-state index in [4.69, 9.17) is 4.74 Å². The van der Waals surface area contributed by atoms with Crippen molar-refractivity contribution in [2.45, 2.75) is 19.4 Å². The first-order valence-corrected chi connectivity index (χ1v) is 4.66. The molecule has 4 heteroatoms. The van der Waals surface area contributed by atoms with Crippen LogP contribution in [0.3, 0.4) is 0 Å². The Morgan fingerprint density at radius 3 is 2.53 bits per heavy atom. The van der Waals surface area contributed by atoms with Crippen molar-refractivity contribution in [3.63, 3.8) is 0 Å². The number of hydrogen-bond donors (Lipinski definition) is 0. The molecule has 0 unspecified atom stereocenters. The van der Waals surface area contributed by atoms with Gasteiger partial charge in [0.1, 0.15) is 6.61 Å². The van der Waals surface area contributed by atoms with E-state index >= 15 is 0 Å². The molecule has 0 spiro atoms. The Morgan fingerprint density at radius 2 is 2.00 bits per heavy atom. The van der Waals surface area contributed by atoms with Gasteiger partial charge in [-0.25, -0.2) is 13.8 Å². The minimum absolute atomic E-state index is 0.291. The van der Waals surface area contributed by atoms with Crippen molar-refractivity contribution in [2.75, 3.05) is 6.61 Å². The average Bonchev–Trinajstić information content (AvgIpc) is 2.51. The fourth-order valence-electron chi connectivity index (χ4n) is 1.36. The lowest BCUT2D eigenvalue weighted by molar-refractivity contribution is 0.279. The first kappa shape index (κ1) is 10.1. The lowest BCUT2D eigenvalue weighted by atomic mass is 10.1. The van der Waals surface area contributed by atoms with Gasteiger partial charge in [0.15, 0.2) is 11.6 Å². The molecule has 0 saturated carbocycles. The maximum atomic E-state index is 12.9. The smallest absolute Gasteiger partial charge is 0.216 e. The second kappa shape index (κ2) is 3.29.